The summed E-state index contributed by atoms with van der Waals surface area (Å²) in [7, 11) is 0. The smallest absolute Gasteiger partial charge is 0.377 e. The van der Waals surface area contributed by atoms with Crippen LogP contribution in [-0.4, -0.2) is 23.5 Å². The van der Waals surface area contributed by atoms with Crippen LogP contribution in [0.2, 0.25) is 5.02 Å². The molecule has 0 aliphatic heterocycles. The molecule has 0 amide bonds. The minimum Gasteiger partial charge on any atom is -0.492 e. The number of hydrogen-bond acceptors (Lipinski definition) is 3. The highest BCUT2D eigenvalue weighted by Gasteiger charge is 2.23. The molecule has 2 rings (SSSR count). The first-order valence-electron chi connectivity index (χ1n) is 5.28. The Balaban J connectivity index is 2.15. The molecule has 0 saturated heterocycles. The van der Waals surface area contributed by atoms with Crippen LogP contribution in [0.25, 0.3) is 0 Å². The normalized spacial score (nSPS) is 14.4. The molecule has 0 unspecified atom stereocenters. The van der Waals surface area contributed by atoms with E-state index in [1.807, 2.05) is 0 Å². The standard InChI is InChI=1S/C12H11ClO4/c13-9-4-3-8(11(14)12(15)16)5-10(9)17-6-7-1-2-7/h3-5,7H,1-2,6H2,(H,15,16). The monoisotopic (exact) mass is 254 g/mol. The van der Waals surface area contributed by atoms with E-state index in [0.29, 0.717) is 23.3 Å². The number of benzene rings is 1. The maximum atomic E-state index is 11.3. The molecule has 0 heterocycles. The fraction of sp³-hybridized carbons (Fsp3) is 0.333. The number of carboxylic acid groups (broad SMARTS) is 1. The summed E-state index contributed by atoms with van der Waals surface area (Å²) in [6.45, 7) is 0.560. The van der Waals surface area contributed by atoms with Crippen LogP contribution in [0, 0.1) is 5.92 Å². The van der Waals surface area contributed by atoms with Crippen LogP contribution in [0.1, 0.15) is 23.2 Å². The lowest BCUT2D eigenvalue weighted by Gasteiger charge is -2.08. The Hall–Kier alpha value is -1.55. The molecule has 1 saturated carbocycles. The molecular weight excluding hydrogens is 244 g/mol. The van der Waals surface area contributed by atoms with E-state index >= 15 is 0 Å². The molecule has 0 atom stereocenters. The molecule has 5 heteroatoms. The van der Waals surface area contributed by atoms with Crippen molar-refractivity contribution in [2.45, 2.75) is 12.8 Å². The molecule has 0 bridgehead atoms. The van der Waals surface area contributed by atoms with Crippen LogP contribution in [-0.2, 0) is 4.79 Å². The third-order valence-corrected chi connectivity index (χ3v) is 2.87. The van der Waals surface area contributed by atoms with E-state index in [1.165, 1.54) is 18.2 Å². The molecule has 1 aliphatic rings. The Morgan fingerprint density at radius 2 is 2.12 bits per heavy atom. The second kappa shape index (κ2) is 4.75. The summed E-state index contributed by atoms with van der Waals surface area (Å²) < 4.78 is 5.45. The number of ketones is 1. The first kappa shape index (κ1) is 11.9. The van der Waals surface area contributed by atoms with E-state index in [4.69, 9.17) is 21.4 Å². The van der Waals surface area contributed by atoms with Gasteiger partial charge in [0.25, 0.3) is 5.78 Å². The van der Waals surface area contributed by atoms with Crippen molar-refractivity contribution in [3.8, 4) is 5.75 Å². The average Bonchev–Trinajstić information content (AvgIpc) is 3.11. The number of carbonyl (C=O) groups excluding carboxylic acids is 1. The highest BCUT2D eigenvalue weighted by molar-refractivity contribution is 6.40. The van der Waals surface area contributed by atoms with Gasteiger partial charge in [0.1, 0.15) is 5.75 Å². The summed E-state index contributed by atoms with van der Waals surface area (Å²) in [4.78, 5) is 21.8. The van der Waals surface area contributed by atoms with E-state index < -0.39 is 11.8 Å². The molecule has 0 aromatic heterocycles. The summed E-state index contributed by atoms with van der Waals surface area (Å²) in [6.07, 6.45) is 2.29. The highest BCUT2D eigenvalue weighted by Crippen LogP contribution is 2.32. The van der Waals surface area contributed by atoms with E-state index in [0.717, 1.165) is 12.8 Å². The van der Waals surface area contributed by atoms with Gasteiger partial charge in [-0.2, -0.15) is 0 Å². The van der Waals surface area contributed by atoms with Crippen molar-refractivity contribution in [3.63, 3.8) is 0 Å². The second-order valence-corrected chi connectivity index (χ2v) is 4.44. The Labute approximate surface area is 103 Å². The van der Waals surface area contributed by atoms with Gasteiger partial charge < -0.3 is 9.84 Å². The van der Waals surface area contributed by atoms with Crippen LogP contribution in [0.5, 0.6) is 5.75 Å². The SMILES string of the molecule is O=C(O)C(=O)c1ccc(Cl)c(OCC2CC2)c1. The van der Waals surface area contributed by atoms with Crippen molar-refractivity contribution >= 4 is 23.4 Å². The third kappa shape index (κ3) is 2.97. The lowest BCUT2D eigenvalue weighted by atomic mass is 10.1. The minimum atomic E-state index is -1.49. The predicted molar refractivity (Wildman–Crippen MR) is 61.6 cm³/mol. The maximum absolute atomic E-state index is 11.3. The lowest BCUT2D eigenvalue weighted by Crippen LogP contribution is -2.12. The molecule has 4 nitrogen and oxygen atoms in total. The van der Waals surface area contributed by atoms with Crippen molar-refractivity contribution in [1.82, 2.24) is 0 Å². The van der Waals surface area contributed by atoms with Crippen LogP contribution in [0.15, 0.2) is 18.2 Å². The zero-order chi connectivity index (χ0) is 12.4. The molecule has 90 valence electrons. The van der Waals surface area contributed by atoms with E-state index in [2.05, 4.69) is 0 Å². The average molecular weight is 255 g/mol. The Bertz CT molecular complexity index is 466. The Morgan fingerprint density at radius 1 is 1.41 bits per heavy atom. The molecule has 1 fully saturated rings. The fourth-order valence-electron chi connectivity index (χ4n) is 1.37. The van der Waals surface area contributed by atoms with Gasteiger partial charge in [0.15, 0.2) is 0 Å². The first-order chi connectivity index (χ1) is 8.08. The van der Waals surface area contributed by atoms with Gasteiger partial charge in [-0.1, -0.05) is 11.6 Å². The summed E-state index contributed by atoms with van der Waals surface area (Å²) in [5.41, 5.74) is 0.0766. The van der Waals surface area contributed by atoms with Crippen molar-refractivity contribution < 1.29 is 19.4 Å². The van der Waals surface area contributed by atoms with Crippen LogP contribution >= 0.6 is 11.6 Å². The van der Waals surface area contributed by atoms with Crippen LogP contribution in [0.3, 0.4) is 0 Å². The van der Waals surface area contributed by atoms with Gasteiger partial charge in [0, 0.05) is 5.56 Å². The topological polar surface area (TPSA) is 63.6 Å². The van der Waals surface area contributed by atoms with Gasteiger partial charge >= 0.3 is 5.97 Å². The number of rotatable bonds is 5. The number of aliphatic carboxylic acids is 1. The summed E-state index contributed by atoms with van der Waals surface area (Å²) in [6, 6.07) is 4.23. The van der Waals surface area contributed by atoms with E-state index in [-0.39, 0.29) is 5.56 Å². The van der Waals surface area contributed by atoms with E-state index in [1.54, 1.807) is 0 Å². The summed E-state index contributed by atoms with van der Waals surface area (Å²) >= 11 is 5.90. The number of halogens is 1. The lowest BCUT2D eigenvalue weighted by molar-refractivity contribution is -0.131. The number of hydrogen-bond donors (Lipinski definition) is 1. The van der Waals surface area contributed by atoms with Crippen molar-refractivity contribution in [2.24, 2.45) is 5.92 Å². The molecule has 17 heavy (non-hydrogen) atoms. The van der Waals surface area contributed by atoms with Gasteiger partial charge in [-0.25, -0.2) is 4.79 Å². The quantitative estimate of drug-likeness (QED) is 0.647. The molecular formula is C12H11ClO4. The molecule has 0 radical (unpaired) electrons. The molecule has 0 spiro atoms. The molecule has 1 aromatic rings. The maximum Gasteiger partial charge on any atom is 0.377 e. The van der Waals surface area contributed by atoms with Gasteiger partial charge in [-0.05, 0) is 37.0 Å². The highest BCUT2D eigenvalue weighted by atomic mass is 35.5. The first-order valence-corrected chi connectivity index (χ1v) is 5.65. The number of carbonyl (C=O) groups is 2. The van der Waals surface area contributed by atoms with Crippen molar-refractivity contribution in [1.29, 1.82) is 0 Å². The fourth-order valence-corrected chi connectivity index (χ4v) is 1.54. The molecule has 1 N–H and O–H groups in total. The zero-order valence-electron chi connectivity index (χ0n) is 8.98. The zero-order valence-corrected chi connectivity index (χ0v) is 9.74. The van der Waals surface area contributed by atoms with Gasteiger partial charge in [-0.3, -0.25) is 4.79 Å². The van der Waals surface area contributed by atoms with E-state index in [9.17, 15) is 9.59 Å². The number of carboxylic acids is 1. The van der Waals surface area contributed by atoms with Crippen LogP contribution < -0.4 is 4.74 Å². The number of Topliss-reactive ketones (excluding diaryl/α,β-unsaturated/α-hetero) is 1. The molecule has 1 aromatic carbocycles. The third-order valence-electron chi connectivity index (χ3n) is 2.56. The number of ether oxygens (including phenoxy) is 1. The summed E-state index contributed by atoms with van der Waals surface area (Å²) in [5.74, 6) is -1.52. The van der Waals surface area contributed by atoms with Gasteiger partial charge in [0.05, 0.1) is 11.6 Å². The summed E-state index contributed by atoms with van der Waals surface area (Å²) in [5, 5.41) is 8.98. The van der Waals surface area contributed by atoms with Crippen molar-refractivity contribution in [3.05, 3.63) is 28.8 Å². The second-order valence-electron chi connectivity index (χ2n) is 4.03. The largest absolute Gasteiger partial charge is 0.492 e. The van der Waals surface area contributed by atoms with Gasteiger partial charge in [0.2, 0.25) is 0 Å². The Morgan fingerprint density at radius 3 is 2.71 bits per heavy atom. The molecule has 1 aliphatic carbocycles. The van der Waals surface area contributed by atoms with Crippen molar-refractivity contribution in [2.75, 3.05) is 6.61 Å². The Kier molecular flexibility index (Phi) is 3.33. The minimum absolute atomic E-state index is 0.0766. The van der Waals surface area contributed by atoms with Crippen LogP contribution in [0.4, 0.5) is 0 Å². The van der Waals surface area contributed by atoms with Gasteiger partial charge in [-0.15, -0.1) is 0 Å². The predicted octanol–water partition coefficient (Wildman–Crippen LogP) is 2.40.